The number of hydrogen-bond donors (Lipinski definition) is 2. The van der Waals surface area contributed by atoms with Crippen molar-refractivity contribution in [3.8, 4) is 0 Å². The molecular weight excluding hydrogens is 530 g/mol. The SMILES string of the molecule is O=C(COC(=O)C12CC3CC(CC(OC(=O)C(F)(F)S(=O)(=O)O)(C3)C1)C2)OC12CC3CC(CC(O)(C3)C1)C2. The minimum atomic E-state index is -6.03. The first kappa shape index (κ1) is 26.4. The monoisotopic (exact) mass is 562 g/mol. The summed E-state index contributed by atoms with van der Waals surface area (Å²) in [6.07, 6.45) is 5.91. The van der Waals surface area contributed by atoms with Gasteiger partial charge in [0.2, 0.25) is 0 Å². The number of alkyl halides is 2. The fraction of sp³-hybridized carbons (Fsp3) is 0.880. The number of halogens is 2. The molecule has 8 aliphatic carbocycles. The van der Waals surface area contributed by atoms with E-state index in [0.29, 0.717) is 63.2 Å². The number of aliphatic hydroxyl groups is 1. The van der Waals surface area contributed by atoms with Crippen molar-refractivity contribution < 1.29 is 55.5 Å². The summed E-state index contributed by atoms with van der Waals surface area (Å²) in [4.78, 5) is 38.2. The molecule has 10 nitrogen and oxygen atoms in total. The highest BCUT2D eigenvalue weighted by Crippen LogP contribution is 2.63. The zero-order chi connectivity index (χ0) is 27.4. The Morgan fingerprint density at radius 3 is 1.82 bits per heavy atom. The van der Waals surface area contributed by atoms with E-state index in [9.17, 15) is 36.7 Å². The number of rotatable bonds is 7. The van der Waals surface area contributed by atoms with Gasteiger partial charge in [0.15, 0.2) is 6.61 Å². The van der Waals surface area contributed by atoms with E-state index in [1.54, 1.807) is 0 Å². The first-order chi connectivity index (χ1) is 17.5. The van der Waals surface area contributed by atoms with Crippen LogP contribution in [0.4, 0.5) is 8.78 Å². The average Bonchev–Trinajstić information content (AvgIpc) is 2.73. The second-order valence-electron chi connectivity index (χ2n) is 13.2. The maximum Gasteiger partial charge on any atom is 0.465 e. The fourth-order valence-corrected chi connectivity index (χ4v) is 9.95. The van der Waals surface area contributed by atoms with Crippen molar-refractivity contribution in [3.05, 3.63) is 0 Å². The Morgan fingerprint density at radius 2 is 1.32 bits per heavy atom. The van der Waals surface area contributed by atoms with E-state index >= 15 is 0 Å². The molecule has 0 amide bonds. The smallest absolute Gasteiger partial charge is 0.456 e. The van der Waals surface area contributed by atoms with E-state index in [1.807, 2.05) is 0 Å². The molecule has 4 unspecified atom stereocenters. The second-order valence-corrected chi connectivity index (χ2v) is 14.7. The van der Waals surface area contributed by atoms with Crippen molar-refractivity contribution in [1.82, 2.24) is 0 Å². The predicted molar refractivity (Wildman–Crippen MR) is 122 cm³/mol. The lowest BCUT2D eigenvalue weighted by Gasteiger charge is -2.59. The van der Waals surface area contributed by atoms with Crippen molar-refractivity contribution in [3.63, 3.8) is 0 Å². The molecule has 0 aromatic carbocycles. The molecule has 0 aliphatic heterocycles. The Balaban J connectivity index is 1.12. The van der Waals surface area contributed by atoms with Crippen LogP contribution in [0.5, 0.6) is 0 Å². The standard InChI is InChI=1S/C25H32F2O10S/c26-25(27,38(32,33)34)20(30)37-23-7-14-1-15(8-23)4-21(3-14,12-23)19(29)35-11-18(28)36-24-9-16-2-17(10-24)6-22(31,5-16)13-24/h14-17,31H,1-13H2,(H,32,33,34). The van der Waals surface area contributed by atoms with Gasteiger partial charge in [0.25, 0.3) is 0 Å². The van der Waals surface area contributed by atoms with Crippen molar-refractivity contribution in [2.45, 2.75) is 99.1 Å². The summed E-state index contributed by atoms with van der Waals surface area (Å²) in [6.45, 7) is -0.626. The van der Waals surface area contributed by atoms with Crippen LogP contribution in [0, 0.1) is 29.1 Å². The summed E-state index contributed by atoms with van der Waals surface area (Å²) >= 11 is 0. The highest BCUT2D eigenvalue weighted by molar-refractivity contribution is 7.87. The molecular formula is C25H32F2O10S. The van der Waals surface area contributed by atoms with Crippen LogP contribution in [0.15, 0.2) is 0 Å². The molecule has 0 heterocycles. The maximum absolute atomic E-state index is 13.9. The first-order valence-electron chi connectivity index (χ1n) is 13.2. The Hall–Kier alpha value is -1.86. The quantitative estimate of drug-likeness (QED) is 0.269. The van der Waals surface area contributed by atoms with E-state index in [2.05, 4.69) is 0 Å². The molecule has 4 atom stereocenters. The van der Waals surface area contributed by atoms with Crippen LogP contribution >= 0.6 is 0 Å². The zero-order valence-electron chi connectivity index (χ0n) is 20.8. The normalized spacial score (nSPS) is 44.6. The summed E-state index contributed by atoms with van der Waals surface area (Å²) < 4.78 is 75.0. The maximum atomic E-state index is 13.9. The van der Waals surface area contributed by atoms with Crippen LogP contribution in [-0.2, 0) is 38.7 Å². The van der Waals surface area contributed by atoms with Crippen molar-refractivity contribution in [2.75, 3.05) is 6.61 Å². The van der Waals surface area contributed by atoms with Gasteiger partial charge in [0.1, 0.15) is 11.2 Å². The van der Waals surface area contributed by atoms with Gasteiger partial charge in [-0.3, -0.25) is 9.35 Å². The number of carbonyl (C=O) groups excluding carboxylic acids is 3. The topological polar surface area (TPSA) is 154 Å². The van der Waals surface area contributed by atoms with Crippen molar-refractivity contribution >= 4 is 28.0 Å². The molecule has 0 spiro atoms. The van der Waals surface area contributed by atoms with Gasteiger partial charge in [-0.25, -0.2) is 9.59 Å². The van der Waals surface area contributed by atoms with Crippen molar-refractivity contribution in [1.29, 1.82) is 0 Å². The molecule has 0 radical (unpaired) electrons. The predicted octanol–water partition coefficient (Wildman–Crippen LogP) is 2.52. The second kappa shape index (κ2) is 8.09. The molecule has 2 N–H and O–H groups in total. The fourth-order valence-electron chi connectivity index (χ4n) is 9.70. The third-order valence-electron chi connectivity index (χ3n) is 9.94. The molecule has 0 saturated heterocycles. The minimum Gasteiger partial charge on any atom is -0.456 e. The number of esters is 3. The molecule has 212 valence electrons. The molecule has 0 aromatic heterocycles. The Morgan fingerprint density at radius 1 is 0.816 bits per heavy atom. The molecule has 38 heavy (non-hydrogen) atoms. The summed E-state index contributed by atoms with van der Waals surface area (Å²) in [6, 6.07) is 0. The largest absolute Gasteiger partial charge is 0.465 e. The van der Waals surface area contributed by atoms with Gasteiger partial charge in [-0.2, -0.15) is 17.2 Å². The number of ether oxygens (including phenoxy) is 3. The number of hydrogen-bond acceptors (Lipinski definition) is 9. The van der Waals surface area contributed by atoms with Crippen LogP contribution in [0.1, 0.15) is 77.0 Å². The van der Waals surface area contributed by atoms with Crippen LogP contribution in [0.3, 0.4) is 0 Å². The van der Waals surface area contributed by atoms with Gasteiger partial charge in [0, 0.05) is 12.8 Å². The van der Waals surface area contributed by atoms with E-state index in [4.69, 9.17) is 18.8 Å². The van der Waals surface area contributed by atoms with E-state index in [-0.39, 0.29) is 31.1 Å². The van der Waals surface area contributed by atoms with E-state index < -0.39 is 62.1 Å². The molecule has 13 heteroatoms. The van der Waals surface area contributed by atoms with Gasteiger partial charge in [-0.15, -0.1) is 0 Å². The number of carbonyl (C=O) groups is 3. The summed E-state index contributed by atoms with van der Waals surface area (Å²) in [5.41, 5.74) is -4.21. The zero-order valence-corrected chi connectivity index (χ0v) is 21.6. The van der Waals surface area contributed by atoms with Crippen LogP contribution in [0.25, 0.3) is 0 Å². The molecule has 8 saturated carbocycles. The lowest BCUT2D eigenvalue weighted by Crippen LogP contribution is -2.61. The average molecular weight is 563 g/mol. The molecule has 8 bridgehead atoms. The summed E-state index contributed by atoms with van der Waals surface area (Å²) in [7, 11) is -6.03. The van der Waals surface area contributed by atoms with Gasteiger partial charge in [0.05, 0.1) is 11.0 Å². The van der Waals surface area contributed by atoms with Gasteiger partial charge >= 0.3 is 33.3 Å². The Labute approximate surface area is 218 Å². The third kappa shape index (κ3) is 4.23. The highest BCUT2D eigenvalue weighted by Gasteiger charge is 2.65. The van der Waals surface area contributed by atoms with Gasteiger partial charge in [-0.05, 0) is 87.9 Å². The van der Waals surface area contributed by atoms with E-state index in [1.165, 1.54) is 0 Å². The van der Waals surface area contributed by atoms with Crippen LogP contribution in [-0.4, -0.2) is 64.6 Å². The summed E-state index contributed by atoms with van der Waals surface area (Å²) in [5.74, 6) is -3.43. The Bertz CT molecular complexity index is 1150. The van der Waals surface area contributed by atoms with Gasteiger partial charge in [-0.1, -0.05) is 0 Å². The molecule has 8 aliphatic rings. The van der Waals surface area contributed by atoms with Crippen LogP contribution < -0.4 is 0 Å². The first-order valence-corrected chi connectivity index (χ1v) is 14.7. The molecule has 0 aromatic rings. The molecule has 8 fully saturated rings. The lowest BCUT2D eigenvalue weighted by molar-refractivity contribution is -0.227. The molecule has 8 rings (SSSR count). The Kier molecular flexibility index (Phi) is 5.62. The van der Waals surface area contributed by atoms with Crippen LogP contribution in [0.2, 0.25) is 0 Å². The minimum absolute atomic E-state index is 0.129. The summed E-state index contributed by atoms with van der Waals surface area (Å²) in [5, 5.41) is 5.74. The lowest BCUT2D eigenvalue weighted by atomic mass is 9.48. The highest BCUT2D eigenvalue weighted by atomic mass is 32.2. The third-order valence-corrected chi connectivity index (χ3v) is 10.8. The van der Waals surface area contributed by atoms with Gasteiger partial charge < -0.3 is 19.3 Å². The van der Waals surface area contributed by atoms with Crippen molar-refractivity contribution in [2.24, 2.45) is 29.1 Å². The van der Waals surface area contributed by atoms with E-state index in [0.717, 1.165) is 6.42 Å².